The molecule has 0 spiro atoms. The summed E-state index contributed by atoms with van der Waals surface area (Å²) in [5.41, 5.74) is 4.48. The van der Waals surface area contributed by atoms with Gasteiger partial charge in [-0.1, -0.05) is 30.3 Å². The first-order valence-electron chi connectivity index (χ1n) is 10.3. The lowest BCUT2D eigenvalue weighted by molar-refractivity contribution is -0.304. The van der Waals surface area contributed by atoms with Crippen LogP contribution in [0.4, 0.5) is 0 Å². The Hall–Kier alpha value is -3.87. The maximum atomic E-state index is 12.7. The number of carbonyl (C=O) groups excluding carboxylic acids is 2. The summed E-state index contributed by atoms with van der Waals surface area (Å²) < 4.78 is 11.7. The molecule has 2 aromatic carbocycles. The normalized spacial score (nSPS) is 11.2. The highest BCUT2D eigenvalue weighted by molar-refractivity contribution is 6.05. The molecule has 7 heteroatoms. The quantitative estimate of drug-likeness (QED) is 0.469. The first kappa shape index (κ1) is 21.4. The van der Waals surface area contributed by atoms with Gasteiger partial charge in [0.05, 0.1) is 12.5 Å². The van der Waals surface area contributed by atoms with Crippen molar-refractivity contribution in [2.75, 3.05) is 6.54 Å². The number of hydrogen-bond donors (Lipinski definition) is 1. The Balaban J connectivity index is 1.82. The number of amides is 1. The van der Waals surface area contributed by atoms with Crippen LogP contribution in [0.15, 0.2) is 50.0 Å². The van der Waals surface area contributed by atoms with Crippen molar-refractivity contribution in [3.8, 4) is 11.1 Å². The summed E-state index contributed by atoms with van der Waals surface area (Å²) in [4.78, 5) is 35.1. The number of aryl methyl sites for hydroxylation is 3. The first-order valence-corrected chi connectivity index (χ1v) is 10.3. The Morgan fingerprint density at radius 1 is 0.969 bits per heavy atom. The van der Waals surface area contributed by atoms with Gasteiger partial charge >= 0.3 is 5.63 Å². The van der Waals surface area contributed by atoms with Gasteiger partial charge in [0.1, 0.15) is 16.9 Å². The number of carboxylic acid groups (broad SMARTS) is 1. The number of rotatable bonds is 6. The summed E-state index contributed by atoms with van der Waals surface area (Å²) in [6.45, 7) is 5.03. The van der Waals surface area contributed by atoms with Crippen molar-refractivity contribution in [1.29, 1.82) is 0 Å². The molecule has 0 saturated carbocycles. The highest BCUT2D eigenvalue weighted by Gasteiger charge is 2.21. The number of aliphatic carboxylic acids is 1. The lowest BCUT2D eigenvalue weighted by Crippen LogP contribution is -2.37. The molecule has 2 aromatic heterocycles. The average Bonchev–Trinajstić information content (AvgIpc) is 3.10. The third-order valence-corrected chi connectivity index (χ3v) is 5.73. The predicted molar refractivity (Wildman–Crippen MR) is 118 cm³/mol. The number of fused-ring (bicyclic) bond motifs is 2. The van der Waals surface area contributed by atoms with Crippen LogP contribution in [0.5, 0.6) is 0 Å². The number of hydrogen-bond acceptors (Lipinski definition) is 6. The van der Waals surface area contributed by atoms with Crippen LogP contribution in [0.25, 0.3) is 33.1 Å². The Morgan fingerprint density at radius 3 is 2.34 bits per heavy atom. The average molecular weight is 432 g/mol. The second-order valence-corrected chi connectivity index (χ2v) is 7.80. The molecule has 0 aliphatic heterocycles. The van der Waals surface area contributed by atoms with Crippen LogP contribution in [-0.2, 0) is 16.0 Å². The maximum Gasteiger partial charge on any atom is 0.339 e. The van der Waals surface area contributed by atoms with Crippen molar-refractivity contribution < 1.29 is 23.5 Å². The third kappa shape index (κ3) is 3.77. The summed E-state index contributed by atoms with van der Waals surface area (Å²) in [5, 5.41) is 14.4. The van der Waals surface area contributed by atoms with E-state index in [1.165, 1.54) is 0 Å². The van der Waals surface area contributed by atoms with Gasteiger partial charge in [0.2, 0.25) is 5.91 Å². The summed E-state index contributed by atoms with van der Waals surface area (Å²) >= 11 is 0. The second kappa shape index (κ2) is 8.34. The lowest BCUT2D eigenvalue weighted by Gasteiger charge is -2.11. The van der Waals surface area contributed by atoms with Gasteiger partial charge in [0.15, 0.2) is 0 Å². The molecule has 0 unspecified atom stereocenters. The van der Waals surface area contributed by atoms with E-state index in [1.54, 1.807) is 0 Å². The van der Waals surface area contributed by atoms with Crippen LogP contribution in [0.2, 0.25) is 0 Å². The first-order chi connectivity index (χ1) is 15.3. The number of carboxylic acids is 1. The van der Waals surface area contributed by atoms with Gasteiger partial charge in [-0.25, -0.2) is 4.79 Å². The molecule has 164 valence electrons. The third-order valence-electron chi connectivity index (χ3n) is 5.73. The van der Waals surface area contributed by atoms with Gasteiger partial charge in [0, 0.05) is 33.9 Å². The number of nitrogens with one attached hydrogen (secondary N) is 1. The topological polar surface area (TPSA) is 113 Å². The molecule has 2 heterocycles. The molecule has 0 radical (unpaired) electrons. The molecule has 4 aromatic rings. The molecule has 0 bridgehead atoms. The van der Waals surface area contributed by atoms with E-state index in [9.17, 15) is 19.5 Å². The predicted octanol–water partition coefficient (Wildman–Crippen LogP) is 2.93. The van der Waals surface area contributed by atoms with Gasteiger partial charge in [0.25, 0.3) is 0 Å². The Kier molecular flexibility index (Phi) is 5.57. The van der Waals surface area contributed by atoms with Crippen molar-refractivity contribution in [3.05, 3.63) is 69.3 Å². The number of furan rings is 1. The van der Waals surface area contributed by atoms with Crippen LogP contribution in [0.1, 0.15) is 28.9 Å². The standard InChI is InChI=1S/C25H23NO6/c1-13-17(9-10-20(27)26-12-21(28)29)25(30)32-23-14(2)24-19(11-18(13)23)22(15(3)31-24)16-7-5-4-6-8-16/h4-8,11H,9-10,12H2,1-3H3,(H,26,27)(H,28,29)/p-1. The summed E-state index contributed by atoms with van der Waals surface area (Å²) in [7, 11) is 0. The van der Waals surface area contributed by atoms with Gasteiger partial charge in [-0.3, -0.25) is 4.79 Å². The van der Waals surface area contributed by atoms with Crippen LogP contribution in [-0.4, -0.2) is 18.4 Å². The minimum absolute atomic E-state index is 0.0360. The molecule has 0 fully saturated rings. The zero-order valence-electron chi connectivity index (χ0n) is 18.0. The SMILES string of the molecule is Cc1oc2c(C)c3oc(=O)c(CCC(=O)NCC(=O)[O-])c(C)c3cc2c1-c1ccccc1. The van der Waals surface area contributed by atoms with Crippen LogP contribution < -0.4 is 16.0 Å². The molecule has 0 aliphatic rings. The van der Waals surface area contributed by atoms with Crippen molar-refractivity contribution in [2.45, 2.75) is 33.6 Å². The summed E-state index contributed by atoms with van der Waals surface area (Å²) in [6.07, 6.45) is 0.0989. The van der Waals surface area contributed by atoms with Gasteiger partial charge in [-0.05, 0) is 44.4 Å². The maximum absolute atomic E-state index is 12.7. The fraction of sp³-hybridized carbons (Fsp3) is 0.240. The minimum Gasteiger partial charge on any atom is -0.548 e. The van der Waals surface area contributed by atoms with E-state index in [0.29, 0.717) is 16.7 Å². The van der Waals surface area contributed by atoms with Gasteiger partial charge < -0.3 is 24.1 Å². The van der Waals surface area contributed by atoms with Crippen LogP contribution in [0.3, 0.4) is 0 Å². The fourth-order valence-electron chi connectivity index (χ4n) is 4.12. The molecule has 4 rings (SSSR count). The molecule has 1 N–H and O–H groups in total. The Morgan fingerprint density at radius 2 is 1.66 bits per heavy atom. The highest BCUT2D eigenvalue weighted by atomic mass is 16.4. The van der Waals surface area contributed by atoms with Crippen molar-refractivity contribution >= 4 is 33.8 Å². The highest BCUT2D eigenvalue weighted by Crippen LogP contribution is 2.39. The molecule has 32 heavy (non-hydrogen) atoms. The molecular weight excluding hydrogens is 410 g/mol. The van der Waals surface area contributed by atoms with E-state index in [-0.39, 0.29) is 12.8 Å². The van der Waals surface area contributed by atoms with Crippen LogP contribution >= 0.6 is 0 Å². The van der Waals surface area contributed by atoms with E-state index < -0.39 is 24.0 Å². The molecule has 0 atom stereocenters. The number of benzene rings is 2. The molecular formula is C25H22NO6-. The van der Waals surface area contributed by atoms with Crippen LogP contribution in [0, 0.1) is 20.8 Å². The molecule has 0 aliphatic carbocycles. The zero-order chi connectivity index (χ0) is 23.0. The van der Waals surface area contributed by atoms with Crippen molar-refractivity contribution in [1.82, 2.24) is 5.32 Å². The summed E-state index contributed by atoms with van der Waals surface area (Å²) in [6, 6.07) is 11.9. The Labute approximate surface area is 183 Å². The second-order valence-electron chi connectivity index (χ2n) is 7.80. The van der Waals surface area contributed by atoms with E-state index >= 15 is 0 Å². The van der Waals surface area contributed by atoms with E-state index in [2.05, 4.69) is 5.32 Å². The van der Waals surface area contributed by atoms with Gasteiger partial charge in [-0.15, -0.1) is 0 Å². The molecule has 1 amide bonds. The largest absolute Gasteiger partial charge is 0.548 e. The molecule has 7 nitrogen and oxygen atoms in total. The van der Waals surface area contributed by atoms with E-state index in [0.717, 1.165) is 38.8 Å². The smallest absolute Gasteiger partial charge is 0.339 e. The van der Waals surface area contributed by atoms with Crippen molar-refractivity contribution in [3.63, 3.8) is 0 Å². The minimum atomic E-state index is -1.37. The summed E-state index contributed by atoms with van der Waals surface area (Å²) in [5.74, 6) is -1.07. The lowest BCUT2D eigenvalue weighted by atomic mass is 9.96. The van der Waals surface area contributed by atoms with E-state index in [4.69, 9.17) is 8.83 Å². The zero-order valence-corrected chi connectivity index (χ0v) is 18.0. The van der Waals surface area contributed by atoms with Crippen molar-refractivity contribution in [2.24, 2.45) is 0 Å². The Bertz CT molecular complexity index is 1410. The monoisotopic (exact) mass is 432 g/mol. The van der Waals surface area contributed by atoms with E-state index in [1.807, 2.05) is 57.2 Å². The fourth-order valence-corrected chi connectivity index (χ4v) is 4.12. The number of carbonyl (C=O) groups is 2. The van der Waals surface area contributed by atoms with Gasteiger partial charge in [-0.2, -0.15) is 0 Å². The molecule has 0 saturated heterocycles.